The zero-order valence-electron chi connectivity index (χ0n) is 15.9. The number of benzene rings is 2. The van der Waals surface area contributed by atoms with Crippen LogP contribution in [0.4, 0.5) is 5.69 Å². The van der Waals surface area contributed by atoms with Crippen LogP contribution in [0, 0.1) is 6.92 Å². The minimum absolute atomic E-state index is 0.245. The van der Waals surface area contributed by atoms with Gasteiger partial charge in [0.1, 0.15) is 0 Å². The number of rotatable bonds is 6. The molecule has 6 heteroatoms. The van der Waals surface area contributed by atoms with Gasteiger partial charge in [0.05, 0.1) is 18.2 Å². The summed E-state index contributed by atoms with van der Waals surface area (Å²) in [5.41, 5.74) is 3.28. The molecule has 0 fully saturated rings. The number of esters is 2. The monoisotopic (exact) mass is 369 g/mol. The highest BCUT2D eigenvalue weighted by Crippen LogP contribution is 2.27. The highest BCUT2D eigenvalue weighted by Gasteiger charge is 2.15. The van der Waals surface area contributed by atoms with Gasteiger partial charge in [0.2, 0.25) is 0 Å². The Morgan fingerprint density at radius 1 is 0.963 bits per heavy atom. The summed E-state index contributed by atoms with van der Waals surface area (Å²) >= 11 is 0. The SMILES string of the molecule is COC(=O)c1ccc(C(=O)OCC(=O)Nc2c(C)cccc2C(C)C)cc1. The van der Waals surface area contributed by atoms with Gasteiger partial charge in [0, 0.05) is 5.69 Å². The lowest BCUT2D eigenvalue weighted by molar-refractivity contribution is -0.119. The number of amides is 1. The van der Waals surface area contributed by atoms with E-state index in [1.807, 2.05) is 39.0 Å². The smallest absolute Gasteiger partial charge is 0.338 e. The lowest BCUT2D eigenvalue weighted by Gasteiger charge is -2.16. The van der Waals surface area contributed by atoms with Gasteiger partial charge in [-0.05, 0) is 48.2 Å². The van der Waals surface area contributed by atoms with Crippen LogP contribution in [0.15, 0.2) is 42.5 Å². The molecule has 0 unspecified atom stereocenters. The number of ether oxygens (including phenoxy) is 2. The average Bonchev–Trinajstić information content (AvgIpc) is 2.67. The van der Waals surface area contributed by atoms with Crippen LogP contribution in [0.2, 0.25) is 0 Å². The highest BCUT2D eigenvalue weighted by molar-refractivity contribution is 5.97. The van der Waals surface area contributed by atoms with Crippen molar-refractivity contribution in [3.05, 3.63) is 64.7 Å². The summed E-state index contributed by atoms with van der Waals surface area (Å²) in [7, 11) is 1.28. The minimum Gasteiger partial charge on any atom is -0.465 e. The number of para-hydroxylation sites is 1. The third-order valence-electron chi connectivity index (χ3n) is 4.07. The van der Waals surface area contributed by atoms with Crippen molar-refractivity contribution in [1.29, 1.82) is 0 Å². The quantitative estimate of drug-likeness (QED) is 0.785. The first kappa shape index (κ1) is 20.2. The molecule has 2 aromatic rings. The van der Waals surface area contributed by atoms with Crippen LogP contribution in [0.25, 0.3) is 0 Å². The Bertz CT molecular complexity index is 840. The van der Waals surface area contributed by atoms with Gasteiger partial charge >= 0.3 is 11.9 Å². The third kappa shape index (κ3) is 5.17. The molecule has 2 aromatic carbocycles. The van der Waals surface area contributed by atoms with Gasteiger partial charge in [0.15, 0.2) is 6.61 Å². The zero-order chi connectivity index (χ0) is 20.0. The maximum absolute atomic E-state index is 12.2. The Hall–Kier alpha value is -3.15. The van der Waals surface area contributed by atoms with E-state index in [0.29, 0.717) is 5.56 Å². The Labute approximate surface area is 158 Å². The molecule has 0 radical (unpaired) electrons. The average molecular weight is 369 g/mol. The van der Waals surface area contributed by atoms with Gasteiger partial charge in [-0.2, -0.15) is 0 Å². The molecule has 1 amide bonds. The van der Waals surface area contributed by atoms with Crippen molar-refractivity contribution < 1.29 is 23.9 Å². The molecule has 0 aliphatic rings. The van der Waals surface area contributed by atoms with E-state index < -0.39 is 24.5 Å². The number of carbonyl (C=O) groups is 3. The molecular weight excluding hydrogens is 346 g/mol. The summed E-state index contributed by atoms with van der Waals surface area (Å²) in [5.74, 6) is -1.30. The molecular formula is C21H23NO5. The highest BCUT2D eigenvalue weighted by atomic mass is 16.5. The van der Waals surface area contributed by atoms with Gasteiger partial charge in [-0.15, -0.1) is 0 Å². The first-order valence-corrected chi connectivity index (χ1v) is 8.58. The maximum atomic E-state index is 12.2. The zero-order valence-corrected chi connectivity index (χ0v) is 15.9. The van der Waals surface area contributed by atoms with E-state index in [0.717, 1.165) is 16.8 Å². The Kier molecular flexibility index (Phi) is 6.71. The number of anilines is 1. The fourth-order valence-corrected chi connectivity index (χ4v) is 2.59. The number of carbonyl (C=O) groups excluding carboxylic acids is 3. The molecule has 142 valence electrons. The Balaban J connectivity index is 1.98. The lowest BCUT2D eigenvalue weighted by Crippen LogP contribution is -2.22. The summed E-state index contributed by atoms with van der Waals surface area (Å²) in [4.78, 5) is 35.7. The molecule has 0 aliphatic carbocycles. The molecule has 27 heavy (non-hydrogen) atoms. The third-order valence-corrected chi connectivity index (χ3v) is 4.07. The van der Waals surface area contributed by atoms with Crippen molar-refractivity contribution in [2.24, 2.45) is 0 Å². The molecule has 0 bridgehead atoms. The topological polar surface area (TPSA) is 81.7 Å². The maximum Gasteiger partial charge on any atom is 0.338 e. The Morgan fingerprint density at radius 3 is 2.11 bits per heavy atom. The van der Waals surface area contributed by atoms with Crippen molar-refractivity contribution >= 4 is 23.5 Å². The second-order valence-electron chi connectivity index (χ2n) is 6.39. The van der Waals surface area contributed by atoms with E-state index in [9.17, 15) is 14.4 Å². The van der Waals surface area contributed by atoms with Gasteiger partial charge in [0.25, 0.3) is 5.91 Å². The largest absolute Gasteiger partial charge is 0.465 e. The number of methoxy groups -OCH3 is 1. The first-order valence-electron chi connectivity index (χ1n) is 8.58. The van der Waals surface area contributed by atoms with E-state index in [2.05, 4.69) is 10.1 Å². The number of hydrogen-bond acceptors (Lipinski definition) is 5. The molecule has 2 rings (SSSR count). The molecule has 0 atom stereocenters. The van der Waals surface area contributed by atoms with Crippen molar-refractivity contribution in [1.82, 2.24) is 0 Å². The van der Waals surface area contributed by atoms with Gasteiger partial charge in [-0.1, -0.05) is 32.0 Å². The summed E-state index contributed by atoms with van der Waals surface area (Å²) in [6.45, 7) is 5.60. The minimum atomic E-state index is -0.643. The molecule has 0 spiro atoms. The predicted molar refractivity (Wildman–Crippen MR) is 102 cm³/mol. The molecule has 0 heterocycles. The van der Waals surface area contributed by atoms with Crippen LogP contribution in [0.1, 0.15) is 51.6 Å². The van der Waals surface area contributed by atoms with Gasteiger partial charge < -0.3 is 14.8 Å². The molecule has 0 aromatic heterocycles. The molecule has 0 saturated carbocycles. The number of aryl methyl sites for hydroxylation is 1. The summed E-state index contributed by atoms with van der Waals surface area (Å²) in [6.07, 6.45) is 0. The lowest BCUT2D eigenvalue weighted by atomic mass is 9.98. The number of hydrogen-bond donors (Lipinski definition) is 1. The Morgan fingerprint density at radius 2 is 1.56 bits per heavy atom. The van der Waals surface area contributed by atoms with E-state index in [4.69, 9.17) is 4.74 Å². The van der Waals surface area contributed by atoms with E-state index in [1.54, 1.807) is 0 Å². The van der Waals surface area contributed by atoms with Crippen molar-refractivity contribution in [3.8, 4) is 0 Å². The predicted octanol–water partition coefficient (Wildman–Crippen LogP) is 3.70. The summed E-state index contributed by atoms with van der Waals surface area (Å²) < 4.78 is 9.66. The van der Waals surface area contributed by atoms with Gasteiger partial charge in [-0.3, -0.25) is 4.79 Å². The van der Waals surface area contributed by atoms with E-state index in [-0.39, 0.29) is 11.5 Å². The normalized spacial score (nSPS) is 10.4. The van der Waals surface area contributed by atoms with E-state index >= 15 is 0 Å². The van der Waals surface area contributed by atoms with Crippen molar-refractivity contribution in [2.45, 2.75) is 26.7 Å². The molecule has 0 saturated heterocycles. The van der Waals surface area contributed by atoms with Crippen LogP contribution >= 0.6 is 0 Å². The summed E-state index contributed by atoms with van der Waals surface area (Å²) in [5, 5.41) is 2.82. The van der Waals surface area contributed by atoms with Crippen LogP contribution < -0.4 is 5.32 Å². The fourth-order valence-electron chi connectivity index (χ4n) is 2.59. The number of nitrogens with one attached hydrogen (secondary N) is 1. The van der Waals surface area contributed by atoms with Gasteiger partial charge in [-0.25, -0.2) is 9.59 Å². The van der Waals surface area contributed by atoms with Crippen LogP contribution in [0.3, 0.4) is 0 Å². The molecule has 1 N–H and O–H groups in total. The fraction of sp³-hybridized carbons (Fsp3) is 0.286. The van der Waals surface area contributed by atoms with E-state index in [1.165, 1.54) is 31.4 Å². The standard InChI is InChI=1S/C21H23NO5/c1-13(2)17-7-5-6-14(3)19(17)22-18(23)12-27-21(25)16-10-8-15(9-11-16)20(24)26-4/h5-11,13H,12H2,1-4H3,(H,22,23). The molecule has 6 nitrogen and oxygen atoms in total. The molecule has 0 aliphatic heterocycles. The second kappa shape index (κ2) is 8.98. The van der Waals surface area contributed by atoms with Crippen molar-refractivity contribution in [2.75, 3.05) is 19.0 Å². The van der Waals surface area contributed by atoms with Crippen molar-refractivity contribution in [3.63, 3.8) is 0 Å². The van der Waals surface area contributed by atoms with Crippen LogP contribution in [0.5, 0.6) is 0 Å². The van der Waals surface area contributed by atoms with Crippen LogP contribution in [-0.4, -0.2) is 31.6 Å². The second-order valence-corrected chi connectivity index (χ2v) is 6.39. The first-order chi connectivity index (χ1) is 12.8. The summed E-state index contributed by atoms with van der Waals surface area (Å²) in [6, 6.07) is 11.6. The van der Waals surface area contributed by atoms with Crippen LogP contribution in [-0.2, 0) is 14.3 Å².